The first-order valence-corrected chi connectivity index (χ1v) is 4.61. The summed E-state index contributed by atoms with van der Waals surface area (Å²) in [6, 6.07) is 7.48. The standard InChI is InChI=1S/C11H8N2O2/c1-13-11(14)10-7-4-2-3-5-8(7)15-9(10)6-12-13/h2-6H,1H3. The summed E-state index contributed by atoms with van der Waals surface area (Å²) in [6.07, 6.45) is 1.57. The van der Waals surface area contributed by atoms with Gasteiger partial charge in [0.15, 0.2) is 5.58 Å². The van der Waals surface area contributed by atoms with E-state index in [2.05, 4.69) is 5.10 Å². The number of rotatable bonds is 0. The predicted molar refractivity (Wildman–Crippen MR) is 56.8 cm³/mol. The van der Waals surface area contributed by atoms with Gasteiger partial charge >= 0.3 is 0 Å². The third-order valence-electron chi connectivity index (χ3n) is 2.48. The van der Waals surface area contributed by atoms with Crippen molar-refractivity contribution < 1.29 is 4.42 Å². The lowest BCUT2D eigenvalue weighted by Crippen LogP contribution is -2.18. The van der Waals surface area contributed by atoms with E-state index < -0.39 is 0 Å². The van der Waals surface area contributed by atoms with E-state index in [0.29, 0.717) is 11.0 Å². The van der Waals surface area contributed by atoms with Crippen molar-refractivity contribution in [2.45, 2.75) is 0 Å². The van der Waals surface area contributed by atoms with Gasteiger partial charge in [0.2, 0.25) is 0 Å². The molecule has 2 aromatic heterocycles. The largest absolute Gasteiger partial charge is 0.454 e. The van der Waals surface area contributed by atoms with Crippen LogP contribution in [0, 0.1) is 0 Å². The Labute approximate surface area is 84.7 Å². The van der Waals surface area contributed by atoms with Crippen LogP contribution < -0.4 is 5.56 Å². The fraction of sp³-hybridized carbons (Fsp3) is 0.0909. The zero-order valence-electron chi connectivity index (χ0n) is 8.10. The van der Waals surface area contributed by atoms with Crippen LogP contribution in [-0.4, -0.2) is 9.78 Å². The van der Waals surface area contributed by atoms with E-state index in [0.717, 1.165) is 11.0 Å². The first-order valence-electron chi connectivity index (χ1n) is 4.61. The Morgan fingerprint density at radius 1 is 1.27 bits per heavy atom. The normalized spacial score (nSPS) is 11.3. The number of aryl methyl sites for hydroxylation is 1. The molecule has 0 spiro atoms. The van der Waals surface area contributed by atoms with E-state index in [4.69, 9.17) is 4.42 Å². The smallest absolute Gasteiger partial charge is 0.278 e. The average molecular weight is 200 g/mol. The monoisotopic (exact) mass is 200 g/mol. The summed E-state index contributed by atoms with van der Waals surface area (Å²) in [7, 11) is 1.63. The number of fused-ring (bicyclic) bond motifs is 3. The molecule has 3 aromatic rings. The third kappa shape index (κ3) is 1.01. The number of nitrogens with zero attached hydrogens (tertiary/aromatic N) is 2. The Bertz CT molecular complexity index is 709. The van der Waals surface area contributed by atoms with Crippen molar-refractivity contribution in [3.63, 3.8) is 0 Å². The van der Waals surface area contributed by atoms with E-state index in [9.17, 15) is 4.79 Å². The SMILES string of the molecule is Cn1ncc2oc3ccccc3c2c1=O. The molecule has 0 atom stereocenters. The summed E-state index contributed by atoms with van der Waals surface area (Å²) in [5.74, 6) is 0. The van der Waals surface area contributed by atoms with Crippen LogP contribution in [0.15, 0.2) is 39.7 Å². The molecule has 4 heteroatoms. The van der Waals surface area contributed by atoms with E-state index in [1.807, 2.05) is 24.3 Å². The molecule has 74 valence electrons. The molecular formula is C11H8N2O2. The van der Waals surface area contributed by atoms with Crippen molar-refractivity contribution in [3.05, 3.63) is 40.8 Å². The highest BCUT2D eigenvalue weighted by Crippen LogP contribution is 2.24. The molecule has 0 aliphatic heterocycles. The molecule has 0 amide bonds. The molecule has 0 aliphatic rings. The zero-order valence-corrected chi connectivity index (χ0v) is 8.10. The minimum absolute atomic E-state index is 0.127. The Hall–Kier alpha value is -2.10. The lowest BCUT2D eigenvalue weighted by Gasteiger charge is -1.93. The number of hydrogen-bond acceptors (Lipinski definition) is 3. The summed E-state index contributed by atoms with van der Waals surface area (Å²) in [4.78, 5) is 11.8. The molecule has 0 saturated heterocycles. The summed E-state index contributed by atoms with van der Waals surface area (Å²) < 4.78 is 6.82. The molecule has 0 fully saturated rings. The van der Waals surface area contributed by atoms with Crippen LogP contribution in [0.4, 0.5) is 0 Å². The van der Waals surface area contributed by atoms with Crippen LogP contribution >= 0.6 is 0 Å². The minimum atomic E-state index is -0.127. The fourth-order valence-electron chi connectivity index (χ4n) is 1.73. The van der Waals surface area contributed by atoms with E-state index >= 15 is 0 Å². The maximum absolute atomic E-state index is 11.8. The highest BCUT2D eigenvalue weighted by Gasteiger charge is 2.10. The van der Waals surface area contributed by atoms with Crippen molar-refractivity contribution in [3.8, 4) is 0 Å². The second-order valence-electron chi connectivity index (χ2n) is 3.41. The van der Waals surface area contributed by atoms with E-state index in [1.54, 1.807) is 13.2 Å². The van der Waals surface area contributed by atoms with Gasteiger partial charge in [0, 0.05) is 12.4 Å². The Kier molecular flexibility index (Phi) is 1.48. The molecule has 2 heterocycles. The Balaban J connectivity index is 2.69. The van der Waals surface area contributed by atoms with Crippen LogP contribution in [0.5, 0.6) is 0 Å². The first-order chi connectivity index (χ1) is 7.27. The van der Waals surface area contributed by atoms with Crippen molar-refractivity contribution in [1.29, 1.82) is 0 Å². The van der Waals surface area contributed by atoms with Crippen LogP contribution in [-0.2, 0) is 7.05 Å². The fourth-order valence-corrected chi connectivity index (χ4v) is 1.73. The van der Waals surface area contributed by atoms with Crippen molar-refractivity contribution >= 4 is 21.9 Å². The van der Waals surface area contributed by atoms with Crippen molar-refractivity contribution in [1.82, 2.24) is 9.78 Å². The predicted octanol–water partition coefficient (Wildman–Crippen LogP) is 1.68. The van der Waals surface area contributed by atoms with Crippen LogP contribution in [0.2, 0.25) is 0 Å². The second-order valence-corrected chi connectivity index (χ2v) is 3.41. The molecule has 0 aliphatic carbocycles. The van der Waals surface area contributed by atoms with Gasteiger partial charge in [-0.3, -0.25) is 4.79 Å². The van der Waals surface area contributed by atoms with Crippen molar-refractivity contribution in [2.24, 2.45) is 7.05 Å². The lowest BCUT2D eigenvalue weighted by atomic mass is 10.2. The van der Waals surface area contributed by atoms with Gasteiger partial charge < -0.3 is 4.42 Å². The van der Waals surface area contributed by atoms with Crippen LogP contribution in [0.1, 0.15) is 0 Å². The van der Waals surface area contributed by atoms with Crippen LogP contribution in [0.3, 0.4) is 0 Å². The van der Waals surface area contributed by atoms with Gasteiger partial charge in [-0.15, -0.1) is 0 Å². The summed E-state index contributed by atoms with van der Waals surface area (Å²) in [5.41, 5.74) is 1.13. The van der Waals surface area contributed by atoms with Gasteiger partial charge in [0.05, 0.1) is 11.6 Å². The quantitative estimate of drug-likeness (QED) is 0.554. The molecule has 3 rings (SSSR count). The van der Waals surface area contributed by atoms with Gasteiger partial charge in [-0.2, -0.15) is 5.10 Å². The molecule has 0 saturated carbocycles. The summed E-state index contributed by atoms with van der Waals surface area (Å²) in [5, 5.41) is 5.36. The van der Waals surface area contributed by atoms with Gasteiger partial charge in [-0.1, -0.05) is 18.2 Å². The molecule has 0 N–H and O–H groups in total. The number of furan rings is 1. The highest BCUT2D eigenvalue weighted by atomic mass is 16.3. The van der Waals surface area contributed by atoms with Gasteiger partial charge in [0.25, 0.3) is 5.56 Å². The number of para-hydroxylation sites is 1. The third-order valence-corrected chi connectivity index (χ3v) is 2.48. The Morgan fingerprint density at radius 2 is 2.07 bits per heavy atom. The summed E-state index contributed by atoms with van der Waals surface area (Å²) >= 11 is 0. The topological polar surface area (TPSA) is 48.0 Å². The highest BCUT2D eigenvalue weighted by molar-refractivity contribution is 6.03. The molecule has 0 bridgehead atoms. The molecular weight excluding hydrogens is 192 g/mol. The first kappa shape index (κ1) is 8.23. The van der Waals surface area contributed by atoms with Gasteiger partial charge in [-0.25, -0.2) is 4.68 Å². The van der Waals surface area contributed by atoms with Crippen molar-refractivity contribution in [2.75, 3.05) is 0 Å². The average Bonchev–Trinajstić information content (AvgIpc) is 2.62. The molecule has 4 nitrogen and oxygen atoms in total. The maximum atomic E-state index is 11.8. The summed E-state index contributed by atoms with van der Waals surface area (Å²) in [6.45, 7) is 0. The second kappa shape index (κ2) is 2.70. The van der Waals surface area contributed by atoms with Gasteiger partial charge in [-0.05, 0) is 6.07 Å². The maximum Gasteiger partial charge on any atom is 0.278 e. The molecule has 1 aromatic carbocycles. The van der Waals surface area contributed by atoms with Crippen LogP contribution in [0.25, 0.3) is 21.9 Å². The van der Waals surface area contributed by atoms with E-state index in [1.165, 1.54) is 4.68 Å². The Morgan fingerprint density at radius 3 is 2.93 bits per heavy atom. The molecule has 0 radical (unpaired) electrons. The lowest BCUT2D eigenvalue weighted by molar-refractivity contribution is 0.650. The van der Waals surface area contributed by atoms with E-state index in [-0.39, 0.29) is 5.56 Å². The number of benzene rings is 1. The van der Waals surface area contributed by atoms with Gasteiger partial charge in [0.1, 0.15) is 5.58 Å². The zero-order chi connectivity index (χ0) is 10.4. The minimum Gasteiger partial charge on any atom is -0.454 e. The molecule has 0 unspecified atom stereocenters. The number of hydrogen-bond donors (Lipinski definition) is 0. The molecule has 15 heavy (non-hydrogen) atoms. The number of aromatic nitrogens is 2.